The molecule has 38 heavy (non-hydrogen) atoms. The largest absolute Gasteiger partial charge is 0.506 e. The van der Waals surface area contributed by atoms with Crippen molar-refractivity contribution in [3.8, 4) is 5.75 Å². The summed E-state index contributed by atoms with van der Waals surface area (Å²) >= 11 is 2.46. The van der Waals surface area contributed by atoms with Gasteiger partial charge in [-0.3, -0.25) is 19.2 Å². The lowest BCUT2D eigenvalue weighted by molar-refractivity contribution is -0.150. The number of hydrogen-bond donors (Lipinski definition) is 5. The number of hydrogen-bond acceptors (Lipinski definition) is 13. The van der Waals surface area contributed by atoms with Crippen LogP contribution < -0.4 is 10.0 Å². The van der Waals surface area contributed by atoms with E-state index in [4.69, 9.17) is 0 Å². The molecule has 0 spiro atoms. The van der Waals surface area contributed by atoms with Gasteiger partial charge >= 0.3 is 5.97 Å². The number of benzene rings is 1. The number of thioether (sulfide) groups is 2. The lowest BCUT2D eigenvalue weighted by atomic mass is 10.0. The van der Waals surface area contributed by atoms with Crippen molar-refractivity contribution < 1.29 is 38.2 Å². The Balaban J connectivity index is 1.50. The van der Waals surface area contributed by atoms with E-state index in [1.54, 1.807) is 7.05 Å². The molecule has 0 aliphatic carbocycles. The highest BCUT2D eigenvalue weighted by molar-refractivity contribution is 8.01. The predicted molar refractivity (Wildman–Crippen MR) is 134 cm³/mol. The number of fused-ring (bicyclic) bond motifs is 1. The molecule has 3 heterocycles. The SMILES string of the molecule is Cn1nnnc1SCC1=C(C(=O)O)N2C(=O)C(NC(=O)/C(=N/O)c3ccc(O)c(NS(C)(=O)=O)c3)[C@H]2SC1. The van der Waals surface area contributed by atoms with Crippen LogP contribution in [0.2, 0.25) is 0 Å². The number of phenols is 1. The molecule has 0 bridgehead atoms. The summed E-state index contributed by atoms with van der Waals surface area (Å²) in [5.74, 6) is -2.88. The quantitative estimate of drug-likeness (QED) is 0.0595. The highest BCUT2D eigenvalue weighted by atomic mass is 32.2. The van der Waals surface area contributed by atoms with Crippen LogP contribution in [0.15, 0.2) is 39.8 Å². The van der Waals surface area contributed by atoms with E-state index in [0.717, 1.165) is 23.3 Å². The van der Waals surface area contributed by atoms with Gasteiger partial charge in [0.15, 0.2) is 5.71 Å². The summed E-state index contributed by atoms with van der Waals surface area (Å²) in [6.45, 7) is 0. The molecule has 1 unspecified atom stereocenters. The van der Waals surface area contributed by atoms with Crippen LogP contribution in [0.25, 0.3) is 0 Å². The van der Waals surface area contributed by atoms with E-state index in [0.29, 0.717) is 10.7 Å². The van der Waals surface area contributed by atoms with Gasteiger partial charge in [0.25, 0.3) is 11.8 Å². The molecular formula is C19H20N8O8S3. The van der Waals surface area contributed by atoms with Crippen LogP contribution in [0.5, 0.6) is 5.75 Å². The Bertz CT molecular complexity index is 1490. The van der Waals surface area contributed by atoms with Crippen molar-refractivity contribution in [3.05, 3.63) is 35.0 Å². The lowest BCUT2D eigenvalue weighted by Gasteiger charge is -2.49. The van der Waals surface area contributed by atoms with Gasteiger partial charge in [-0.15, -0.1) is 16.9 Å². The van der Waals surface area contributed by atoms with Crippen molar-refractivity contribution in [2.45, 2.75) is 16.6 Å². The zero-order valence-electron chi connectivity index (χ0n) is 19.6. The lowest BCUT2D eigenvalue weighted by Crippen LogP contribution is -2.71. The van der Waals surface area contributed by atoms with Crippen LogP contribution in [-0.4, -0.2) is 102 Å². The number of phenolic OH excluding ortho intramolecular Hbond substituents is 1. The Morgan fingerprint density at radius 3 is 2.68 bits per heavy atom. The first-order valence-corrected chi connectivity index (χ1v) is 14.4. The smallest absolute Gasteiger partial charge is 0.352 e. The molecule has 1 aromatic heterocycles. The molecule has 2 atom stereocenters. The second-order valence-corrected chi connectivity index (χ2v) is 11.8. The first-order valence-electron chi connectivity index (χ1n) is 10.5. The number of carbonyl (C=O) groups is 3. The second-order valence-electron chi connectivity index (χ2n) is 8.05. The van der Waals surface area contributed by atoms with Crippen LogP contribution in [-0.2, 0) is 31.5 Å². The van der Waals surface area contributed by atoms with Gasteiger partial charge in [-0.05, 0) is 34.2 Å². The zero-order chi connectivity index (χ0) is 27.8. The number of carboxylic acids is 1. The fourth-order valence-electron chi connectivity index (χ4n) is 3.70. The highest BCUT2D eigenvalue weighted by Gasteiger charge is 2.54. The molecule has 19 heteroatoms. The fourth-order valence-corrected chi connectivity index (χ4v) is 6.60. The Morgan fingerprint density at radius 1 is 1.34 bits per heavy atom. The molecule has 2 amide bonds. The summed E-state index contributed by atoms with van der Waals surface area (Å²) in [5.41, 5.74) is -0.573. The maximum Gasteiger partial charge on any atom is 0.352 e. The van der Waals surface area contributed by atoms with E-state index in [2.05, 4.69) is 30.7 Å². The fraction of sp³-hybridized carbons (Fsp3) is 0.316. The standard InChI is InChI=1S/C19H20N8O8S3/c1-26-19(21-24-25-26)37-7-9-6-36-17-13(16(30)27(17)14(9)18(31)32)20-15(29)12(22-33)8-3-4-11(28)10(5-8)23-38(2,34)35/h3-5,13,17,23,28,33H,6-7H2,1-2H3,(H,20,29)(H,31,32)/b22-12+/t13?,17-/m1/s1. The minimum Gasteiger partial charge on any atom is -0.506 e. The molecule has 0 radical (unpaired) electrons. The van der Waals surface area contributed by atoms with Crippen LogP contribution in [0, 0.1) is 0 Å². The second kappa shape index (κ2) is 10.5. The van der Waals surface area contributed by atoms with E-state index >= 15 is 0 Å². The van der Waals surface area contributed by atoms with Crippen molar-refractivity contribution in [1.82, 2.24) is 30.4 Å². The molecule has 2 aliphatic heterocycles. The van der Waals surface area contributed by atoms with E-state index in [9.17, 15) is 38.2 Å². The maximum atomic E-state index is 12.9. The number of aromatic hydroxyl groups is 1. The molecule has 0 saturated carbocycles. The molecule has 202 valence electrons. The van der Waals surface area contributed by atoms with Gasteiger partial charge in [-0.1, -0.05) is 16.9 Å². The Kier molecular flexibility index (Phi) is 7.51. The van der Waals surface area contributed by atoms with Gasteiger partial charge in [-0.25, -0.2) is 17.9 Å². The maximum absolute atomic E-state index is 12.9. The van der Waals surface area contributed by atoms with Gasteiger partial charge in [0.2, 0.25) is 15.2 Å². The molecule has 4 rings (SSSR count). The number of sulfonamides is 1. The number of amides is 2. The van der Waals surface area contributed by atoms with Gasteiger partial charge in [0.1, 0.15) is 22.9 Å². The monoisotopic (exact) mass is 584 g/mol. The normalized spacial score (nSPS) is 19.6. The molecule has 1 fully saturated rings. The molecule has 5 N–H and O–H groups in total. The summed E-state index contributed by atoms with van der Waals surface area (Å²) in [7, 11) is -2.13. The van der Waals surface area contributed by atoms with E-state index in [-0.39, 0.29) is 28.5 Å². The van der Waals surface area contributed by atoms with Crippen molar-refractivity contribution >= 4 is 62.7 Å². The number of aromatic nitrogens is 4. The molecule has 1 saturated heterocycles. The number of β-lactam (4-membered cyclic amide) rings is 1. The number of nitrogens with zero attached hydrogens (tertiary/aromatic N) is 6. The van der Waals surface area contributed by atoms with Gasteiger partial charge in [0, 0.05) is 24.1 Å². The summed E-state index contributed by atoms with van der Waals surface area (Å²) in [6.07, 6.45) is 0.861. The molecule has 1 aromatic carbocycles. The number of carboxylic acid groups (broad SMARTS) is 1. The van der Waals surface area contributed by atoms with Gasteiger partial charge in [-0.2, -0.15) is 0 Å². The summed E-state index contributed by atoms with van der Waals surface area (Å²) in [6, 6.07) is 2.27. The number of nitrogens with one attached hydrogen (secondary N) is 2. The number of carbonyl (C=O) groups excluding carboxylic acids is 2. The van der Waals surface area contributed by atoms with Crippen LogP contribution in [0.4, 0.5) is 5.69 Å². The molecular weight excluding hydrogens is 564 g/mol. The summed E-state index contributed by atoms with van der Waals surface area (Å²) < 4.78 is 26.6. The van der Waals surface area contributed by atoms with Crippen molar-refractivity contribution in [3.63, 3.8) is 0 Å². The van der Waals surface area contributed by atoms with Crippen LogP contribution >= 0.6 is 23.5 Å². The van der Waals surface area contributed by atoms with Gasteiger partial charge in [0.05, 0.1) is 11.9 Å². The highest BCUT2D eigenvalue weighted by Crippen LogP contribution is 2.41. The number of aliphatic carboxylic acids is 1. The Hall–Kier alpha value is -3.84. The Morgan fingerprint density at radius 2 is 2.08 bits per heavy atom. The van der Waals surface area contributed by atoms with Gasteiger partial charge < -0.3 is 20.7 Å². The third-order valence-electron chi connectivity index (χ3n) is 5.37. The average molecular weight is 585 g/mol. The summed E-state index contributed by atoms with van der Waals surface area (Å²) in [5, 5.41) is 45.4. The number of aryl methyl sites for hydroxylation is 1. The minimum absolute atomic E-state index is 0.0578. The first kappa shape index (κ1) is 27.2. The van der Waals surface area contributed by atoms with Crippen molar-refractivity contribution in [1.29, 1.82) is 0 Å². The minimum atomic E-state index is -3.77. The van der Waals surface area contributed by atoms with Crippen LogP contribution in [0.3, 0.4) is 0 Å². The number of oxime groups is 1. The van der Waals surface area contributed by atoms with Crippen molar-refractivity contribution in [2.75, 3.05) is 22.5 Å². The molecule has 2 aliphatic rings. The third-order valence-corrected chi connectivity index (χ3v) is 8.40. The Labute approximate surface area is 223 Å². The number of anilines is 1. The number of tetrazole rings is 1. The number of rotatable bonds is 9. The zero-order valence-corrected chi connectivity index (χ0v) is 22.0. The van der Waals surface area contributed by atoms with E-state index in [1.165, 1.54) is 34.3 Å². The van der Waals surface area contributed by atoms with Crippen molar-refractivity contribution in [2.24, 2.45) is 12.2 Å². The summed E-state index contributed by atoms with van der Waals surface area (Å²) in [4.78, 5) is 38.9. The molecule has 2 aromatic rings. The average Bonchev–Trinajstić information content (AvgIpc) is 3.26. The predicted octanol–water partition coefficient (Wildman–Crippen LogP) is -1.00. The topological polar surface area (TPSA) is 229 Å². The molecule has 16 nitrogen and oxygen atoms in total. The first-order chi connectivity index (χ1) is 17.9. The van der Waals surface area contributed by atoms with E-state index < -0.39 is 50.7 Å². The third kappa shape index (κ3) is 5.38. The van der Waals surface area contributed by atoms with Crippen LogP contribution in [0.1, 0.15) is 5.56 Å². The van der Waals surface area contributed by atoms with E-state index in [1.807, 2.05) is 0 Å².